The van der Waals surface area contributed by atoms with Crippen LogP contribution in [0, 0.1) is 5.92 Å². The summed E-state index contributed by atoms with van der Waals surface area (Å²) in [4.78, 5) is -1.33. The van der Waals surface area contributed by atoms with E-state index in [2.05, 4.69) is 0 Å². The van der Waals surface area contributed by atoms with E-state index in [4.69, 9.17) is 69.6 Å². The number of hydrogen-bond donors (Lipinski definition) is 0. The zero-order valence-corrected chi connectivity index (χ0v) is 10.3. The Morgan fingerprint density at radius 1 is 1.17 bits per heavy atom. The monoisotopic (exact) mass is 288 g/mol. The molecule has 0 nitrogen and oxygen atoms in total. The second kappa shape index (κ2) is 6.86. The van der Waals surface area contributed by atoms with Crippen LogP contribution in [0.3, 0.4) is 0 Å². The van der Waals surface area contributed by atoms with Gasteiger partial charge in [0.25, 0.3) is 0 Å². The fourth-order valence-corrected chi connectivity index (χ4v) is 2.42. The summed E-state index contributed by atoms with van der Waals surface area (Å²) >= 11 is 33.4. The third kappa shape index (κ3) is 5.26. The molecule has 0 saturated carbocycles. The van der Waals surface area contributed by atoms with E-state index < -0.39 is 9.67 Å². The minimum Gasteiger partial charge on any atom is -0.126 e. The third-order valence-corrected chi connectivity index (χ3v) is 2.71. The maximum Gasteiger partial charge on any atom is 0.127 e. The molecule has 0 aliphatic heterocycles. The van der Waals surface area contributed by atoms with Crippen molar-refractivity contribution in [2.45, 2.75) is 9.67 Å². The molecule has 0 aromatic heterocycles. The van der Waals surface area contributed by atoms with E-state index in [0.717, 1.165) is 0 Å². The Kier molecular flexibility index (Phi) is 7.71. The molecule has 0 rings (SSSR count). The first-order valence-electron chi connectivity index (χ1n) is 2.98. The van der Waals surface area contributed by atoms with Crippen molar-refractivity contribution in [1.82, 2.24) is 0 Å². The maximum atomic E-state index is 5.78. The van der Waals surface area contributed by atoms with Gasteiger partial charge < -0.3 is 0 Å². The SMILES string of the molecule is ClCC(/C(Cl)=C/C(Cl)Cl)C(Cl)Cl. The van der Waals surface area contributed by atoms with Crippen molar-refractivity contribution in [2.75, 3.05) is 5.88 Å². The molecule has 0 aliphatic carbocycles. The van der Waals surface area contributed by atoms with Gasteiger partial charge in [0.2, 0.25) is 0 Å². The van der Waals surface area contributed by atoms with Crippen LogP contribution in [0.15, 0.2) is 11.1 Å². The van der Waals surface area contributed by atoms with Crippen molar-refractivity contribution in [3.05, 3.63) is 11.1 Å². The van der Waals surface area contributed by atoms with Crippen molar-refractivity contribution < 1.29 is 0 Å². The lowest BCUT2D eigenvalue weighted by Gasteiger charge is -2.13. The molecule has 72 valence electrons. The molecule has 0 heterocycles. The van der Waals surface area contributed by atoms with Gasteiger partial charge in [0.15, 0.2) is 0 Å². The highest BCUT2D eigenvalue weighted by molar-refractivity contribution is 6.47. The van der Waals surface area contributed by atoms with E-state index in [1.165, 1.54) is 6.08 Å². The van der Waals surface area contributed by atoms with E-state index in [0.29, 0.717) is 5.03 Å². The molecule has 1 atom stereocenters. The predicted octanol–water partition coefficient (Wildman–Crippen LogP) is 4.57. The number of rotatable bonds is 4. The summed E-state index contributed by atoms with van der Waals surface area (Å²) < 4.78 is 0. The summed E-state index contributed by atoms with van der Waals surface area (Å²) in [7, 11) is 0. The average molecular weight is 291 g/mol. The molecule has 6 heteroatoms. The number of hydrogen-bond acceptors (Lipinski definition) is 0. The van der Waals surface area contributed by atoms with Crippen molar-refractivity contribution in [2.24, 2.45) is 5.92 Å². The van der Waals surface area contributed by atoms with Crippen LogP contribution < -0.4 is 0 Å². The second-order valence-electron chi connectivity index (χ2n) is 1.98. The Labute approximate surface area is 102 Å². The summed E-state index contributed by atoms with van der Waals surface area (Å²) in [5.74, 6) is -0.0929. The molecular weight excluding hydrogens is 285 g/mol. The van der Waals surface area contributed by atoms with Crippen LogP contribution >= 0.6 is 69.6 Å². The molecule has 1 unspecified atom stereocenters. The largest absolute Gasteiger partial charge is 0.127 e. The van der Waals surface area contributed by atoms with Crippen molar-refractivity contribution >= 4 is 69.6 Å². The van der Waals surface area contributed by atoms with Crippen LogP contribution in [0.25, 0.3) is 0 Å². The van der Waals surface area contributed by atoms with Crippen molar-refractivity contribution in [3.8, 4) is 0 Å². The highest BCUT2D eigenvalue weighted by Gasteiger charge is 2.19. The quantitative estimate of drug-likeness (QED) is 0.665. The van der Waals surface area contributed by atoms with Gasteiger partial charge in [-0.1, -0.05) is 11.6 Å². The highest BCUT2D eigenvalue weighted by Crippen LogP contribution is 2.28. The molecule has 0 radical (unpaired) electrons. The van der Waals surface area contributed by atoms with Gasteiger partial charge in [-0.2, -0.15) is 0 Å². The molecule has 0 aromatic rings. The minimum atomic E-state index is -0.671. The number of halogens is 6. The Hall–Kier alpha value is 1.48. The van der Waals surface area contributed by atoms with Gasteiger partial charge in [0.1, 0.15) is 9.67 Å². The Balaban J connectivity index is 4.30. The smallest absolute Gasteiger partial charge is 0.126 e. The summed E-state index contributed by atoms with van der Waals surface area (Å²) in [5, 5.41) is 0.384. The minimum absolute atomic E-state index is 0.230. The predicted molar refractivity (Wildman–Crippen MR) is 59.1 cm³/mol. The average Bonchev–Trinajstić information content (AvgIpc) is 1.85. The van der Waals surface area contributed by atoms with Gasteiger partial charge in [-0.3, -0.25) is 0 Å². The van der Waals surface area contributed by atoms with Crippen LogP contribution in [0.2, 0.25) is 0 Å². The van der Waals surface area contributed by atoms with Crippen LogP contribution in [-0.4, -0.2) is 15.6 Å². The zero-order chi connectivity index (χ0) is 9.72. The summed E-state index contributed by atoms with van der Waals surface area (Å²) in [6.07, 6.45) is 1.44. The van der Waals surface area contributed by atoms with Gasteiger partial charge in [-0.15, -0.1) is 58.0 Å². The molecule has 12 heavy (non-hydrogen) atoms. The molecule has 0 aliphatic rings. The second-order valence-corrected chi connectivity index (χ2v) is 5.05. The molecule has 0 bridgehead atoms. The van der Waals surface area contributed by atoms with E-state index in [9.17, 15) is 0 Å². The lowest BCUT2D eigenvalue weighted by molar-refractivity contribution is 0.787. The first-order chi connectivity index (χ1) is 5.49. The molecular formula is C6H6Cl6. The lowest BCUT2D eigenvalue weighted by Crippen LogP contribution is -2.11. The molecule has 0 fully saturated rings. The topological polar surface area (TPSA) is 0 Å². The lowest BCUT2D eigenvalue weighted by atomic mass is 10.2. The maximum absolute atomic E-state index is 5.78. The van der Waals surface area contributed by atoms with E-state index in [1.807, 2.05) is 0 Å². The van der Waals surface area contributed by atoms with Crippen molar-refractivity contribution in [1.29, 1.82) is 0 Å². The molecule has 0 N–H and O–H groups in total. The molecule has 0 aromatic carbocycles. The first kappa shape index (κ1) is 13.5. The molecule has 0 saturated heterocycles. The Bertz CT molecular complexity index is 152. The summed E-state index contributed by atoms with van der Waals surface area (Å²) in [6, 6.07) is 0. The van der Waals surface area contributed by atoms with Crippen LogP contribution in [0.5, 0.6) is 0 Å². The van der Waals surface area contributed by atoms with Crippen LogP contribution in [0.4, 0.5) is 0 Å². The fourth-order valence-electron chi connectivity index (χ4n) is 0.505. The standard InChI is InChI=1S/C6H6Cl6/c7-2-3(6(11)12)4(8)1-5(9)10/h1,3,5-6H,2H2/b4-1-. The number of allylic oxidation sites excluding steroid dienone is 2. The van der Waals surface area contributed by atoms with E-state index in [1.54, 1.807) is 0 Å². The summed E-state index contributed by atoms with van der Waals surface area (Å²) in [6.45, 7) is 0. The van der Waals surface area contributed by atoms with Gasteiger partial charge >= 0.3 is 0 Å². The first-order valence-corrected chi connectivity index (χ1v) is 5.64. The Morgan fingerprint density at radius 2 is 1.67 bits per heavy atom. The third-order valence-electron chi connectivity index (χ3n) is 1.11. The molecule has 0 spiro atoms. The van der Waals surface area contributed by atoms with Crippen LogP contribution in [-0.2, 0) is 0 Å². The Morgan fingerprint density at radius 3 is 1.92 bits per heavy atom. The highest BCUT2D eigenvalue weighted by atomic mass is 35.5. The van der Waals surface area contributed by atoms with Gasteiger partial charge in [-0.25, -0.2) is 0 Å². The van der Waals surface area contributed by atoms with Crippen LogP contribution in [0.1, 0.15) is 0 Å². The van der Waals surface area contributed by atoms with Gasteiger partial charge in [0.05, 0.1) is 0 Å². The normalized spacial score (nSPS) is 15.8. The summed E-state index contributed by atoms with van der Waals surface area (Å²) in [5.41, 5.74) is 0. The van der Waals surface area contributed by atoms with E-state index in [-0.39, 0.29) is 11.8 Å². The molecule has 0 amide bonds. The fraction of sp³-hybridized carbons (Fsp3) is 0.667. The van der Waals surface area contributed by atoms with Gasteiger partial charge in [0, 0.05) is 16.8 Å². The van der Waals surface area contributed by atoms with E-state index >= 15 is 0 Å². The number of alkyl halides is 5. The zero-order valence-electron chi connectivity index (χ0n) is 5.78. The van der Waals surface area contributed by atoms with Crippen molar-refractivity contribution in [3.63, 3.8) is 0 Å². The van der Waals surface area contributed by atoms with Gasteiger partial charge in [-0.05, 0) is 6.08 Å².